The minimum absolute atomic E-state index is 0. The van der Waals surface area contributed by atoms with Crippen molar-refractivity contribution in [2.75, 3.05) is 46.2 Å². The summed E-state index contributed by atoms with van der Waals surface area (Å²) in [6.45, 7) is 15.8. The van der Waals surface area contributed by atoms with E-state index in [2.05, 4.69) is 77.7 Å². The summed E-state index contributed by atoms with van der Waals surface area (Å²) in [5.74, 6) is 0. The van der Waals surface area contributed by atoms with Gasteiger partial charge in [-0.05, 0) is 44.9 Å². The summed E-state index contributed by atoms with van der Waals surface area (Å²) in [5.41, 5.74) is 0. The van der Waals surface area contributed by atoms with E-state index >= 15 is 0 Å². The Morgan fingerprint density at radius 3 is 0.288 bits per heavy atom. The third kappa shape index (κ3) is 196. The number of rotatable bonds is 84. The van der Waals surface area contributed by atoms with E-state index in [1.54, 1.807) is 0 Å². The van der Waals surface area contributed by atoms with E-state index in [0.717, 1.165) is 89.9 Å². The summed E-state index contributed by atoms with van der Waals surface area (Å²) < 4.78 is 240. The molecule has 0 amide bonds. The summed E-state index contributed by atoms with van der Waals surface area (Å²) in [4.78, 5) is 0. The first-order valence-electron chi connectivity index (χ1n) is 46.7. The predicted molar refractivity (Wildman–Crippen MR) is 474 cm³/mol. The molecule has 28 nitrogen and oxygen atoms in total. The van der Waals surface area contributed by atoms with Crippen LogP contribution in [-0.2, 0) is 102 Å². The summed E-state index contributed by atoms with van der Waals surface area (Å²) in [7, 11) is -31.1. The zero-order chi connectivity index (χ0) is 90.9. The first-order valence-corrected chi connectivity index (χ1v) is 56.0. The predicted octanol–water partition coefficient (Wildman–Crippen LogP) is 6.06. The minimum Gasteiger partial charge on any atom is -0.726 e. The van der Waals surface area contributed by atoms with Gasteiger partial charge in [0.2, 0.25) is 62.4 Å². The molecule has 41 heteroatoms. The average Bonchev–Trinajstić information content (AvgIpc) is 1.03. The van der Waals surface area contributed by atoms with Crippen molar-refractivity contribution >= 4 is 72.8 Å². The van der Waals surface area contributed by atoms with Crippen LogP contribution in [0.1, 0.15) is 498 Å². The first kappa shape index (κ1) is 158. The maximum atomic E-state index is 10.2. The van der Waals surface area contributed by atoms with Gasteiger partial charge in [0.25, 0.3) is 0 Å². The van der Waals surface area contributed by atoms with Gasteiger partial charge in [0.05, 0.1) is 46.2 Å². The fourth-order valence-corrected chi connectivity index (χ4v) is 14.5. The molecule has 0 saturated carbocycles. The van der Waals surface area contributed by atoms with Crippen molar-refractivity contribution in [1.82, 2.24) is 0 Å². The molecule has 0 unspecified atom stereocenters. The zero-order valence-electron chi connectivity index (χ0n) is 81.8. The molecule has 0 heterocycles. The van der Waals surface area contributed by atoms with Gasteiger partial charge in [0.1, 0.15) is 0 Å². The number of hydrogen-bond acceptors (Lipinski definition) is 27. The Bertz CT molecular complexity index is 2310. The van der Waals surface area contributed by atoms with E-state index in [1.165, 1.54) is 315 Å². The van der Waals surface area contributed by atoms with Gasteiger partial charge >= 0.3 is 188 Å². The Morgan fingerprint density at radius 1 is 0.144 bits per heavy atom. The number of unbranched alkanes of at least 4 members (excludes halogenated alkanes) is 63. The second-order valence-electron chi connectivity index (χ2n) is 30.9. The van der Waals surface area contributed by atoms with E-state index in [9.17, 15) is 86.2 Å². The monoisotopic (exact) mass is 1990 g/mol. The maximum absolute atomic E-state index is 10.2. The molecule has 125 heavy (non-hydrogen) atoms. The largest absolute Gasteiger partial charge is 1.00 e. The van der Waals surface area contributed by atoms with Crippen molar-refractivity contribution in [3.63, 3.8) is 0 Å². The van der Waals surface area contributed by atoms with Crippen LogP contribution in [0.4, 0.5) is 0 Å². The maximum Gasteiger partial charge on any atom is 1.00 e. The molecule has 0 atom stereocenters. The molecule has 0 radical (unpaired) electrons. The van der Waals surface area contributed by atoms with Gasteiger partial charge in [-0.15, -0.1) is 0 Å². The molecule has 0 fully saturated rings. The van der Waals surface area contributed by atoms with Gasteiger partial charge in [-0.25, -0.2) is 54.7 Å². The topological polar surface area (TPSA) is 462 Å². The molecule has 728 valence electrons. The second-order valence-corrected chi connectivity index (χ2v) is 38.3. The summed E-state index contributed by atoms with van der Waals surface area (Å²) in [5, 5.41) is 0. The Hall–Kier alpha value is 5.09. The molecule has 0 aromatic carbocycles. The van der Waals surface area contributed by atoms with Crippen LogP contribution in [0.3, 0.4) is 0 Å². The van der Waals surface area contributed by atoms with Crippen LogP contribution in [0.5, 0.6) is 0 Å². The fourth-order valence-electron chi connectivity index (χ4n) is 12.3. The molecule has 1 N–H and O–H groups in total. The van der Waals surface area contributed by atoms with Crippen molar-refractivity contribution in [1.29, 1.82) is 0 Å². The van der Waals surface area contributed by atoms with Crippen LogP contribution in [0.25, 0.3) is 0 Å². The van der Waals surface area contributed by atoms with Crippen LogP contribution in [0.2, 0.25) is 0 Å². The van der Waals surface area contributed by atoms with Gasteiger partial charge in [-0.3, -0.25) is 29.7 Å². The Kier molecular flexibility index (Phi) is 156. The quantitative estimate of drug-likeness (QED) is 0.0313. The van der Waals surface area contributed by atoms with Crippen LogP contribution in [0.15, 0.2) is 0 Å². The van der Waals surface area contributed by atoms with E-state index in [0.29, 0.717) is 44.9 Å². The average molecular weight is 2000 g/mol. The molecule has 0 aromatic rings. The molecule has 0 saturated heterocycles. The van der Waals surface area contributed by atoms with E-state index in [4.69, 9.17) is 4.55 Å². The summed E-state index contributed by atoms with van der Waals surface area (Å²) >= 11 is 0. The number of hydrogen-bond donors (Lipinski definition) is 1. The summed E-state index contributed by atoms with van der Waals surface area (Å²) in [6.07, 6.45) is 82.0. The van der Waals surface area contributed by atoms with Gasteiger partial charge in [0.15, 0.2) is 0 Å². The van der Waals surface area contributed by atoms with Crippen LogP contribution >= 0.6 is 0 Å². The molecule has 0 bridgehead atoms. The Morgan fingerprint density at radius 2 is 0.216 bits per heavy atom. The smallest absolute Gasteiger partial charge is 0.726 e. The summed E-state index contributed by atoms with van der Waals surface area (Å²) in [6, 6.07) is 0. The molecule has 0 rings (SSSR count). The van der Waals surface area contributed by atoms with Gasteiger partial charge in [-0.2, -0.15) is 8.42 Å². The van der Waals surface area contributed by atoms with Crippen LogP contribution < -0.4 is 177 Å². The molecular formula is C84H176Na6O28S7. The molecule has 0 aliphatic rings. The molecule has 0 aliphatic carbocycles. The Labute approximate surface area is 902 Å². The fraction of sp³-hybridized carbons (Fsp3) is 1.00. The molecule has 0 aromatic heterocycles. The SMILES string of the molecule is CCCCCCCCCCCCOS(=O)(=O)O.CCCCCCCCCCCCOS(=O)(=O)[O-].CCCCCCCCCCCCOS(=O)(=O)[O-].CCCCCCCCCCCCOS(=O)(=O)[O-].CCCCCCCCCCCCOS(=O)(=O)[O-].CCCCCCCCCCCCOS(=O)(=O)[O-].CCCCCCCCCCCCOS(=O)(=O)[O-].[Na+].[Na+].[Na+].[Na+].[Na+].[Na+]. The van der Waals surface area contributed by atoms with Gasteiger partial charge in [0, 0.05) is 0 Å². The third-order valence-corrected chi connectivity index (χ3v) is 22.3. The second kappa shape index (κ2) is 123. The van der Waals surface area contributed by atoms with E-state index < -0.39 is 72.8 Å². The molecule has 0 spiro atoms. The molecule has 0 aliphatic heterocycles. The van der Waals surface area contributed by atoms with Crippen molar-refractivity contribution in [3.05, 3.63) is 0 Å². The standard InChI is InChI=1S/7C12H26O4S.6Na/c7*1-2-3-4-5-6-7-8-9-10-11-12-16-17(13,14)15;;;;;;/h7*2-12H2,1H3,(H,13,14,15);;;;;;/q;;;;;;;6*+1/p-6. The Balaban J connectivity index is -0.000000106. The van der Waals surface area contributed by atoms with E-state index in [1.807, 2.05) is 0 Å². The van der Waals surface area contributed by atoms with Crippen molar-refractivity contribution in [2.45, 2.75) is 498 Å². The van der Waals surface area contributed by atoms with E-state index in [-0.39, 0.29) is 224 Å². The van der Waals surface area contributed by atoms with Crippen LogP contribution in [0, 0.1) is 0 Å². The molecular weight excluding hydrogens is 1820 g/mol. The van der Waals surface area contributed by atoms with Crippen molar-refractivity contribution < 1.29 is 297 Å². The van der Waals surface area contributed by atoms with Crippen molar-refractivity contribution in [2.24, 2.45) is 0 Å². The first-order chi connectivity index (χ1) is 56.4. The van der Waals surface area contributed by atoms with Crippen LogP contribution in [-0.4, -0.2) is 137 Å². The van der Waals surface area contributed by atoms with Crippen molar-refractivity contribution in [3.8, 4) is 0 Å². The third-order valence-electron chi connectivity index (χ3n) is 19.1. The minimum atomic E-state index is -4.48. The normalized spacial score (nSPS) is 11.3. The zero-order valence-corrected chi connectivity index (χ0v) is 99.5. The van der Waals surface area contributed by atoms with Gasteiger partial charge < -0.3 is 27.3 Å². The van der Waals surface area contributed by atoms with Gasteiger partial charge in [-0.1, -0.05) is 453 Å².